The first-order valence-electron chi connectivity index (χ1n) is 10.7. The van der Waals surface area contributed by atoms with Gasteiger partial charge < -0.3 is 40.3 Å². The molecule has 1 aliphatic rings. The molecule has 0 aliphatic carbocycles. The molecule has 4 atom stereocenters. The van der Waals surface area contributed by atoms with Gasteiger partial charge >= 0.3 is 7.60 Å². The van der Waals surface area contributed by atoms with Crippen molar-refractivity contribution in [2.75, 3.05) is 11.5 Å². The van der Waals surface area contributed by atoms with Gasteiger partial charge in [0, 0.05) is 11.1 Å². The highest BCUT2D eigenvalue weighted by Gasteiger charge is 2.44. The van der Waals surface area contributed by atoms with Crippen LogP contribution in [0.25, 0.3) is 21.9 Å². The largest absolute Gasteiger partial charge is 0.504 e. The van der Waals surface area contributed by atoms with Crippen molar-refractivity contribution < 1.29 is 39.5 Å². The molecule has 0 amide bonds. The third-order valence-electron chi connectivity index (χ3n) is 5.94. The van der Waals surface area contributed by atoms with Crippen LogP contribution in [-0.4, -0.2) is 74.2 Å². The van der Waals surface area contributed by atoms with Crippen LogP contribution in [0.5, 0.6) is 11.5 Å². The molecule has 1 saturated heterocycles. The van der Waals surface area contributed by atoms with Crippen LogP contribution in [0.2, 0.25) is 5.28 Å². The van der Waals surface area contributed by atoms with Crippen molar-refractivity contribution in [3.63, 3.8) is 0 Å². The monoisotopic (exact) mass is 537 g/mol. The van der Waals surface area contributed by atoms with E-state index in [2.05, 4.69) is 20.3 Å². The predicted octanol–water partition coefficient (Wildman–Crippen LogP) is 1.97. The third-order valence-corrected chi connectivity index (χ3v) is 6.95. The van der Waals surface area contributed by atoms with Crippen LogP contribution in [0.4, 0.5) is 11.5 Å². The van der Waals surface area contributed by atoms with E-state index in [1.807, 2.05) is 0 Å². The summed E-state index contributed by atoms with van der Waals surface area (Å²) in [6, 6.07) is 8.03. The van der Waals surface area contributed by atoms with E-state index in [0.717, 1.165) is 0 Å². The van der Waals surface area contributed by atoms with Crippen molar-refractivity contribution in [2.24, 2.45) is 0 Å². The second-order valence-corrected chi connectivity index (χ2v) is 10.5. The summed E-state index contributed by atoms with van der Waals surface area (Å²) in [6.07, 6.45) is -4.36. The minimum absolute atomic E-state index is 0.154. The number of nitrogens with zero attached hydrogens (tertiary/aromatic N) is 4. The van der Waals surface area contributed by atoms with E-state index >= 15 is 0 Å². The highest BCUT2D eigenvalue weighted by atomic mass is 35.5. The van der Waals surface area contributed by atoms with Crippen LogP contribution in [0.1, 0.15) is 12.6 Å². The number of aromatic hydroxyl groups is 2. The van der Waals surface area contributed by atoms with Gasteiger partial charge in [-0.25, -0.2) is 4.98 Å². The Hall–Kier alpha value is -3.03. The summed E-state index contributed by atoms with van der Waals surface area (Å²) in [6.45, 7) is 0. The van der Waals surface area contributed by atoms with Gasteiger partial charge in [0.25, 0.3) is 0 Å². The summed E-state index contributed by atoms with van der Waals surface area (Å²) < 4.78 is 18.3. The topological polar surface area (TPSA) is 203 Å². The van der Waals surface area contributed by atoms with Gasteiger partial charge in [-0.3, -0.25) is 9.13 Å². The molecule has 1 unspecified atom stereocenters. The van der Waals surface area contributed by atoms with Gasteiger partial charge in [-0.05, 0) is 41.6 Å². The van der Waals surface area contributed by atoms with Gasteiger partial charge in [0.15, 0.2) is 34.7 Å². The number of phenolic OH excluding ortho intramolecular Hbond substituents is 2. The first-order chi connectivity index (χ1) is 17.0. The molecule has 0 radical (unpaired) electrons. The van der Waals surface area contributed by atoms with Crippen molar-refractivity contribution in [1.29, 1.82) is 0 Å². The zero-order chi connectivity index (χ0) is 25.8. The second kappa shape index (κ2) is 9.12. The van der Waals surface area contributed by atoms with E-state index < -0.39 is 38.3 Å². The summed E-state index contributed by atoms with van der Waals surface area (Å²) in [5.74, 6) is -0.358. The lowest BCUT2D eigenvalue weighted by atomic mass is 10.1. The highest BCUT2D eigenvalue weighted by molar-refractivity contribution is 7.51. The predicted molar refractivity (Wildman–Crippen MR) is 128 cm³/mol. The summed E-state index contributed by atoms with van der Waals surface area (Å²) in [4.78, 5) is 31.0. The summed E-state index contributed by atoms with van der Waals surface area (Å²) >= 11 is 6.17. The van der Waals surface area contributed by atoms with Crippen molar-refractivity contribution >= 4 is 52.6 Å². The molecule has 1 fully saturated rings. The van der Waals surface area contributed by atoms with Crippen molar-refractivity contribution in [3.05, 3.63) is 41.9 Å². The van der Waals surface area contributed by atoms with Crippen LogP contribution < -0.4 is 5.32 Å². The van der Waals surface area contributed by atoms with E-state index in [1.165, 1.54) is 23.0 Å². The van der Waals surface area contributed by atoms with Crippen LogP contribution in [-0.2, 0) is 9.30 Å². The molecular formula is C21H21ClN5O8P. The minimum atomic E-state index is -4.32. The molecule has 13 nitrogen and oxygen atoms in total. The number of nitrogens with one attached hydrogen (secondary N) is 1. The Morgan fingerprint density at radius 2 is 1.86 bits per heavy atom. The van der Waals surface area contributed by atoms with E-state index in [9.17, 15) is 25.0 Å². The molecule has 15 heteroatoms. The molecule has 5 rings (SSSR count). The molecule has 36 heavy (non-hydrogen) atoms. The Bertz CT molecular complexity index is 1510. The fourth-order valence-corrected chi connectivity index (χ4v) is 4.95. The molecule has 3 heterocycles. The smallest absolute Gasteiger partial charge is 0.325 e. The Morgan fingerprint density at radius 3 is 2.61 bits per heavy atom. The molecule has 7 N–H and O–H groups in total. The normalized spacial score (nSPS) is 22.5. The highest BCUT2D eigenvalue weighted by Crippen LogP contribution is 2.40. The Balaban J connectivity index is 1.50. The van der Waals surface area contributed by atoms with E-state index in [0.29, 0.717) is 16.5 Å². The maximum absolute atomic E-state index is 11.2. The Kier molecular flexibility index (Phi) is 6.25. The number of halogens is 1. The number of benzene rings is 2. The van der Waals surface area contributed by atoms with Crippen molar-refractivity contribution in [2.45, 2.75) is 31.0 Å². The number of ether oxygens (including phenoxy) is 1. The molecule has 2 aromatic heterocycles. The van der Waals surface area contributed by atoms with E-state index in [1.54, 1.807) is 18.2 Å². The zero-order valence-electron chi connectivity index (χ0n) is 18.3. The minimum Gasteiger partial charge on any atom is -0.504 e. The number of aromatic nitrogens is 4. The SMILES string of the molecule is O=P(O)(O)CC[C@H]1O[C@@H](n2cnc3c(Nc4cccc5cc(O)c(O)cc45)nc(Cl)nc32)[C@@H](O)C1O. The number of rotatable bonds is 6. The van der Waals surface area contributed by atoms with Gasteiger partial charge in [0.1, 0.15) is 12.2 Å². The number of hydrogen-bond acceptors (Lipinski definition) is 10. The first-order valence-corrected chi connectivity index (χ1v) is 12.9. The number of anilines is 2. The van der Waals surface area contributed by atoms with Crippen LogP contribution >= 0.6 is 19.2 Å². The maximum Gasteiger partial charge on any atom is 0.325 e. The Labute approximate surface area is 207 Å². The van der Waals surface area contributed by atoms with Gasteiger partial charge in [0.05, 0.1) is 18.6 Å². The summed E-state index contributed by atoms with van der Waals surface area (Å²) in [7, 11) is -4.32. The standard InChI is InChI=1S/C21H21ClN5O8P/c22-21-25-18(24-11-3-1-2-9-6-12(28)13(29)7-10(9)11)15-19(26-21)27(8-23-15)20-17(31)16(30)14(35-20)4-5-36(32,33)34/h1-3,6-8,14,16-17,20,28-31H,4-5H2,(H,24,25,26)(H2,32,33,34)/t14-,16?,17+,20-/m1/s1. The number of hydrogen-bond donors (Lipinski definition) is 7. The van der Waals surface area contributed by atoms with Crippen molar-refractivity contribution in [1.82, 2.24) is 19.5 Å². The number of imidazole rings is 1. The molecule has 0 bridgehead atoms. The van der Waals surface area contributed by atoms with Crippen LogP contribution in [0.3, 0.4) is 0 Å². The lowest BCUT2D eigenvalue weighted by molar-refractivity contribution is -0.0355. The number of fused-ring (bicyclic) bond motifs is 2. The summed E-state index contributed by atoms with van der Waals surface area (Å²) in [5, 5.41) is 44.9. The maximum atomic E-state index is 11.2. The molecule has 2 aromatic carbocycles. The molecule has 190 valence electrons. The lowest BCUT2D eigenvalue weighted by Crippen LogP contribution is -2.31. The van der Waals surface area contributed by atoms with Gasteiger partial charge in [-0.15, -0.1) is 0 Å². The quantitative estimate of drug-likeness (QED) is 0.107. The van der Waals surface area contributed by atoms with E-state index in [4.69, 9.17) is 26.1 Å². The summed E-state index contributed by atoms with van der Waals surface area (Å²) in [5.41, 5.74) is 0.951. The molecule has 1 aliphatic heterocycles. The number of aliphatic hydroxyl groups excluding tert-OH is 2. The third kappa shape index (κ3) is 4.58. The molecule has 4 aromatic rings. The van der Waals surface area contributed by atoms with Gasteiger partial charge in [-0.1, -0.05) is 12.1 Å². The average molecular weight is 538 g/mol. The fraction of sp³-hybridized carbons (Fsp3) is 0.286. The van der Waals surface area contributed by atoms with Gasteiger partial charge in [0.2, 0.25) is 5.28 Å². The molecular weight excluding hydrogens is 517 g/mol. The van der Waals surface area contributed by atoms with Gasteiger partial charge in [-0.2, -0.15) is 9.97 Å². The molecule has 0 spiro atoms. The number of aliphatic hydroxyl groups is 2. The average Bonchev–Trinajstić information content (AvgIpc) is 3.34. The molecule has 0 saturated carbocycles. The zero-order valence-corrected chi connectivity index (χ0v) is 20.0. The van der Waals surface area contributed by atoms with Crippen LogP contribution in [0.15, 0.2) is 36.7 Å². The number of phenols is 2. The van der Waals surface area contributed by atoms with Crippen LogP contribution in [0, 0.1) is 0 Å². The van der Waals surface area contributed by atoms with Crippen molar-refractivity contribution in [3.8, 4) is 11.5 Å². The van der Waals surface area contributed by atoms with E-state index in [-0.39, 0.29) is 40.2 Å². The lowest BCUT2D eigenvalue weighted by Gasteiger charge is -2.17. The Morgan fingerprint density at radius 1 is 1.11 bits per heavy atom. The first kappa shape index (κ1) is 24.7. The second-order valence-electron chi connectivity index (χ2n) is 8.38. The fourth-order valence-electron chi connectivity index (χ4n) is 4.19.